The van der Waals surface area contributed by atoms with Crippen molar-refractivity contribution in [1.82, 2.24) is 4.98 Å². The van der Waals surface area contributed by atoms with Crippen molar-refractivity contribution in [2.24, 2.45) is 0 Å². The molecule has 5 nitrogen and oxygen atoms in total. The maximum atomic E-state index is 13.6. The number of carbonyl (C=O) groups is 2. The molecular formula is C19H17FN2O3. The van der Waals surface area contributed by atoms with Crippen LogP contribution in [0.1, 0.15) is 12.5 Å². The molecule has 0 radical (unpaired) electrons. The molecule has 0 aliphatic rings. The predicted molar refractivity (Wildman–Crippen MR) is 92.6 cm³/mol. The highest BCUT2D eigenvalue weighted by Crippen LogP contribution is 2.19. The number of anilines is 1. The zero-order valence-electron chi connectivity index (χ0n) is 13.6. The van der Waals surface area contributed by atoms with Gasteiger partial charge in [0, 0.05) is 17.1 Å². The Bertz CT molecular complexity index is 920. The van der Waals surface area contributed by atoms with Crippen molar-refractivity contribution in [3.63, 3.8) is 0 Å². The second kappa shape index (κ2) is 7.17. The Morgan fingerprint density at radius 3 is 2.68 bits per heavy atom. The summed E-state index contributed by atoms with van der Waals surface area (Å²) >= 11 is 0. The second-order valence-corrected chi connectivity index (χ2v) is 5.64. The quantitative estimate of drug-likeness (QED) is 0.699. The van der Waals surface area contributed by atoms with E-state index in [1.54, 1.807) is 12.3 Å². The van der Waals surface area contributed by atoms with Gasteiger partial charge in [-0.05, 0) is 30.7 Å². The van der Waals surface area contributed by atoms with Gasteiger partial charge in [-0.2, -0.15) is 0 Å². The summed E-state index contributed by atoms with van der Waals surface area (Å²) in [7, 11) is 0. The first-order chi connectivity index (χ1) is 12.0. The minimum atomic E-state index is -1.03. The van der Waals surface area contributed by atoms with Crippen LogP contribution in [0.2, 0.25) is 0 Å². The fourth-order valence-corrected chi connectivity index (χ4v) is 2.52. The zero-order chi connectivity index (χ0) is 17.8. The third-order valence-corrected chi connectivity index (χ3v) is 3.82. The van der Waals surface area contributed by atoms with Gasteiger partial charge in [0.2, 0.25) is 0 Å². The average Bonchev–Trinajstić information content (AvgIpc) is 3.00. The Labute approximate surface area is 143 Å². The van der Waals surface area contributed by atoms with Crippen LogP contribution in [-0.4, -0.2) is 23.0 Å². The largest absolute Gasteiger partial charge is 0.452 e. The molecule has 3 aromatic rings. The van der Waals surface area contributed by atoms with Gasteiger partial charge in [-0.1, -0.05) is 30.3 Å². The van der Waals surface area contributed by atoms with Crippen LogP contribution in [-0.2, 0) is 20.7 Å². The molecule has 0 aliphatic heterocycles. The number of hydrogen-bond donors (Lipinski definition) is 2. The molecule has 1 unspecified atom stereocenters. The Morgan fingerprint density at radius 2 is 1.88 bits per heavy atom. The number of rotatable bonds is 5. The summed E-state index contributed by atoms with van der Waals surface area (Å²) in [5.74, 6) is -1.66. The molecule has 1 atom stereocenters. The van der Waals surface area contributed by atoms with Crippen molar-refractivity contribution < 1.29 is 18.7 Å². The molecule has 1 heterocycles. The van der Waals surface area contributed by atoms with E-state index in [0.29, 0.717) is 0 Å². The number of benzene rings is 2. The molecule has 0 fully saturated rings. The predicted octanol–water partition coefficient (Wildman–Crippen LogP) is 3.42. The van der Waals surface area contributed by atoms with E-state index in [1.807, 2.05) is 24.3 Å². The van der Waals surface area contributed by atoms with Gasteiger partial charge >= 0.3 is 5.97 Å². The van der Waals surface area contributed by atoms with E-state index in [1.165, 1.54) is 25.1 Å². The third kappa shape index (κ3) is 3.85. The van der Waals surface area contributed by atoms with Crippen LogP contribution in [0.25, 0.3) is 10.9 Å². The molecule has 0 bridgehead atoms. The standard InChI is InChI=1S/C19H17FN2O3/c1-12(19(24)22-17-9-5-3-7-15(17)20)25-18(23)10-13-11-21-16-8-4-2-6-14(13)16/h2-9,11-12,21H,10H2,1H3,(H,22,24). The van der Waals surface area contributed by atoms with Gasteiger partial charge in [0.25, 0.3) is 5.91 Å². The van der Waals surface area contributed by atoms with Crippen molar-refractivity contribution in [1.29, 1.82) is 0 Å². The summed E-state index contributed by atoms with van der Waals surface area (Å²) < 4.78 is 18.7. The minimum Gasteiger partial charge on any atom is -0.452 e. The summed E-state index contributed by atoms with van der Waals surface area (Å²) in [4.78, 5) is 27.2. The Balaban J connectivity index is 1.60. The molecule has 0 saturated carbocycles. The molecule has 6 heteroatoms. The molecule has 2 aromatic carbocycles. The lowest BCUT2D eigenvalue weighted by Crippen LogP contribution is -2.30. The Hall–Kier alpha value is -3.15. The number of esters is 1. The first-order valence-electron chi connectivity index (χ1n) is 7.84. The molecule has 25 heavy (non-hydrogen) atoms. The van der Waals surface area contributed by atoms with E-state index < -0.39 is 23.8 Å². The summed E-state index contributed by atoms with van der Waals surface area (Å²) in [6.45, 7) is 1.45. The summed E-state index contributed by atoms with van der Waals surface area (Å²) in [5.41, 5.74) is 1.77. The number of aromatic amines is 1. The summed E-state index contributed by atoms with van der Waals surface area (Å²) in [6, 6.07) is 13.4. The number of ether oxygens (including phenoxy) is 1. The third-order valence-electron chi connectivity index (χ3n) is 3.82. The van der Waals surface area contributed by atoms with Gasteiger partial charge < -0.3 is 15.0 Å². The van der Waals surface area contributed by atoms with E-state index in [2.05, 4.69) is 10.3 Å². The number of para-hydroxylation sites is 2. The number of hydrogen-bond acceptors (Lipinski definition) is 3. The van der Waals surface area contributed by atoms with E-state index in [9.17, 15) is 14.0 Å². The smallest absolute Gasteiger partial charge is 0.311 e. The number of aromatic nitrogens is 1. The van der Waals surface area contributed by atoms with Crippen LogP contribution in [0.5, 0.6) is 0 Å². The fraction of sp³-hybridized carbons (Fsp3) is 0.158. The normalized spacial score (nSPS) is 11.9. The highest BCUT2D eigenvalue weighted by atomic mass is 19.1. The molecule has 1 aromatic heterocycles. The Kier molecular flexibility index (Phi) is 4.79. The van der Waals surface area contributed by atoms with Gasteiger partial charge in [-0.25, -0.2) is 4.39 Å². The SMILES string of the molecule is CC(OC(=O)Cc1c[nH]c2ccccc12)C(=O)Nc1ccccc1F. The summed E-state index contributed by atoms with van der Waals surface area (Å²) in [5, 5.41) is 3.34. The van der Waals surface area contributed by atoms with Crippen molar-refractivity contribution in [2.45, 2.75) is 19.4 Å². The van der Waals surface area contributed by atoms with Crippen LogP contribution in [0, 0.1) is 5.82 Å². The number of fused-ring (bicyclic) bond motifs is 1. The minimum absolute atomic E-state index is 0.0430. The van der Waals surface area contributed by atoms with Crippen molar-refractivity contribution in [3.05, 3.63) is 66.1 Å². The molecule has 0 saturated heterocycles. The van der Waals surface area contributed by atoms with Crippen LogP contribution < -0.4 is 5.32 Å². The van der Waals surface area contributed by atoms with E-state index >= 15 is 0 Å². The van der Waals surface area contributed by atoms with Crippen LogP contribution >= 0.6 is 0 Å². The molecule has 3 rings (SSSR count). The van der Waals surface area contributed by atoms with E-state index in [0.717, 1.165) is 16.5 Å². The van der Waals surface area contributed by atoms with E-state index in [4.69, 9.17) is 4.74 Å². The van der Waals surface area contributed by atoms with Gasteiger partial charge in [-0.15, -0.1) is 0 Å². The van der Waals surface area contributed by atoms with E-state index in [-0.39, 0.29) is 12.1 Å². The van der Waals surface area contributed by atoms with Crippen LogP contribution in [0.15, 0.2) is 54.7 Å². The first kappa shape index (κ1) is 16.7. The highest BCUT2D eigenvalue weighted by Gasteiger charge is 2.20. The highest BCUT2D eigenvalue weighted by molar-refractivity contribution is 5.95. The van der Waals surface area contributed by atoms with Crippen molar-refractivity contribution in [2.75, 3.05) is 5.32 Å². The maximum absolute atomic E-state index is 13.6. The lowest BCUT2D eigenvalue weighted by atomic mass is 10.1. The number of amides is 1. The Morgan fingerprint density at radius 1 is 1.16 bits per heavy atom. The molecular weight excluding hydrogens is 323 g/mol. The molecule has 0 spiro atoms. The fourth-order valence-electron chi connectivity index (χ4n) is 2.52. The number of halogens is 1. The number of nitrogens with one attached hydrogen (secondary N) is 2. The van der Waals surface area contributed by atoms with Gasteiger partial charge in [0.05, 0.1) is 12.1 Å². The average molecular weight is 340 g/mol. The number of H-pyrrole nitrogens is 1. The zero-order valence-corrected chi connectivity index (χ0v) is 13.6. The number of carbonyl (C=O) groups excluding carboxylic acids is 2. The van der Waals surface area contributed by atoms with Crippen molar-refractivity contribution in [3.8, 4) is 0 Å². The second-order valence-electron chi connectivity index (χ2n) is 5.64. The van der Waals surface area contributed by atoms with Gasteiger partial charge in [-0.3, -0.25) is 9.59 Å². The monoisotopic (exact) mass is 340 g/mol. The molecule has 1 amide bonds. The van der Waals surface area contributed by atoms with Crippen LogP contribution in [0.3, 0.4) is 0 Å². The summed E-state index contributed by atoms with van der Waals surface area (Å²) in [6.07, 6.45) is 0.759. The maximum Gasteiger partial charge on any atom is 0.311 e. The molecule has 0 aliphatic carbocycles. The lowest BCUT2D eigenvalue weighted by molar-refractivity contribution is -0.152. The van der Waals surface area contributed by atoms with Gasteiger partial charge in [0.1, 0.15) is 5.82 Å². The van der Waals surface area contributed by atoms with Crippen LogP contribution in [0.4, 0.5) is 10.1 Å². The molecule has 128 valence electrons. The lowest BCUT2D eigenvalue weighted by Gasteiger charge is -2.13. The molecule has 2 N–H and O–H groups in total. The topological polar surface area (TPSA) is 71.2 Å². The van der Waals surface area contributed by atoms with Gasteiger partial charge in [0.15, 0.2) is 6.10 Å². The van der Waals surface area contributed by atoms with Crippen molar-refractivity contribution >= 4 is 28.5 Å². The first-order valence-corrected chi connectivity index (χ1v) is 7.84.